The highest BCUT2D eigenvalue weighted by atomic mass is 16.6. The van der Waals surface area contributed by atoms with Crippen molar-refractivity contribution in [3.8, 4) is 0 Å². The van der Waals surface area contributed by atoms with Gasteiger partial charge in [-0.15, -0.1) is 0 Å². The molecule has 0 aromatic carbocycles. The summed E-state index contributed by atoms with van der Waals surface area (Å²) >= 11 is 0. The largest absolute Gasteiger partial charge is 0.465 e. The van der Waals surface area contributed by atoms with Crippen molar-refractivity contribution in [1.29, 1.82) is 0 Å². The van der Waals surface area contributed by atoms with Crippen LogP contribution in [0.3, 0.4) is 0 Å². The third-order valence-corrected chi connectivity index (χ3v) is 9.55. The van der Waals surface area contributed by atoms with E-state index in [4.69, 9.17) is 18.9 Å². The van der Waals surface area contributed by atoms with Gasteiger partial charge in [-0.05, 0) is 32.1 Å². The maximum absolute atomic E-state index is 14.3. The average Bonchev–Trinajstić information content (AvgIpc) is 3.11. The summed E-state index contributed by atoms with van der Waals surface area (Å²) in [5.74, 6) is -5.29. The van der Waals surface area contributed by atoms with E-state index in [9.17, 15) is 19.2 Å². The smallest absolute Gasteiger partial charge is 0.336 e. The Bertz CT molecular complexity index is 768. The van der Waals surface area contributed by atoms with Gasteiger partial charge in [-0.3, -0.25) is 19.2 Å². The lowest BCUT2D eigenvalue weighted by atomic mass is 9.72. The SMILES string of the molecule is CCCCCCCCOC(=O)C(CCCC)C(C(=O)OCCCCCCCC)(C(=O)OCCCCCCCC)C(=O)OCCCCCCCC. The molecule has 8 nitrogen and oxygen atoms in total. The molecule has 0 radical (unpaired) electrons. The van der Waals surface area contributed by atoms with Crippen LogP contribution in [0.4, 0.5) is 0 Å². The molecular formula is C42H78O8. The minimum Gasteiger partial charge on any atom is -0.465 e. The summed E-state index contributed by atoms with van der Waals surface area (Å²) in [6, 6.07) is 0. The van der Waals surface area contributed by atoms with Gasteiger partial charge in [0.25, 0.3) is 5.41 Å². The van der Waals surface area contributed by atoms with Gasteiger partial charge in [0, 0.05) is 0 Å². The predicted molar refractivity (Wildman–Crippen MR) is 203 cm³/mol. The number of carbonyl (C=O) groups is 4. The van der Waals surface area contributed by atoms with Gasteiger partial charge in [0.1, 0.15) is 0 Å². The number of hydrogen-bond donors (Lipinski definition) is 0. The Morgan fingerprint density at radius 1 is 0.360 bits per heavy atom. The molecule has 0 aliphatic heterocycles. The summed E-state index contributed by atoms with van der Waals surface area (Å²) in [5.41, 5.74) is -2.57. The first-order valence-electron chi connectivity index (χ1n) is 21.1. The molecule has 0 aromatic rings. The van der Waals surface area contributed by atoms with E-state index in [0.717, 1.165) is 122 Å². The monoisotopic (exact) mass is 711 g/mol. The summed E-state index contributed by atoms with van der Waals surface area (Å²) in [6.45, 7) is 10.9. The lowest BCUT2D eigenvalue weighted by Crippen LogP contribution is -2.57. The Labute approximate surface area is 307 Å². The average molecular weight is 711 g/mol. The molecule has 0 aliphatic rings. The highest BCUT2D eigenvalue weighted by molar-refractivity contribution is 6.20. The van der Waals surface area contributed by atoms with Crippen LogP contribution < -0.4 is 0 Å². The molecule has 0 rings (SSSR count). The summed E-state index contributed by atoms with van der Waals surface area (Å²) in [4.78, 5) is 56.7. The quantitative estimate of drug-likeness (QED) is 0.0274. The molecule has 0 saturated heterocycles. The van der Waals surface area contributed by atoms with E-state index >= 15 is 0 Å². The fourth-order valence-corrected chi connectivity index (χ4v) is 6.24. The molecule has 0 fully saturated rings. The lowest BCUT2D eigenvalue weighted by Gasteiger charge is -2.33. The van der Waals surface area contributed by atoms with Crippen LogP contribution in [0.15, 0.2) is 0 Å². The summed E-state index contributed by atoms with van der Waals surface area (Å²) in [5, 5.41) is 0. The van der Waals surface area contributed by atoms with Gasteiger partial charge in [0.05, 0.1) is 32.3 Å². The molecule has 1 atom stereocenters. The Morgan fingerprint density at radius 3 is 0.920 bits per heavy atom. The molecule has 0 spiro atoms. The van der Waals surface area contributed by atoms with Crippen LogP contribution >= 0.6 is 0 Å². The van der Waals surface area contributed by atoms with E-state index in [2.05, 4.69) is 27.7 Å². The van der Waals surface area contributed by atoms with Gasteiger partial charge < -0.3 is 18.9 Å². The topological polar surface area (TPSA) is 105 Å². The second-order valence-corrected chi connectivity index (χ2v) is 14.1. The van der Waals surface area contributed by atoms with Crippen molar-refractivity contribution < 1.29 is 38.1 Å². The predicted octanol–water partition coefficient (Wildman–Crippen LogP) is 11.4. The van der Waals surface area contributed by atoms with E-state index in [1.807, 2.05) is 6.92 Å². The molecule has 0 saturated carbocycles. The van der Waals surface area contributed by atoms with Crippen molar-refractivity contribution >= 4 is 23.9 Å². The second kappa shape index (κ2) is 34.0. The Kier molecular flexibility index (Phi) is 32.6. The van der Waals surface area contributed by atoms with Gasteiger partial charge in [0.2, 0.25) is 0 Å². The van der Waals surface area contributed by atoms with Gasteiger partial charge in [-0.1, -0.05) is 176 Å². The minimum absolute atomic E-state index is 0.0510. The van der Waals surface area contributed by atoms with Crippen LogP contribution in [-0.4, -0.2) is 50.3 Å². The van der Waals surface area contributed by atoms with Crippen LogP contribution in [0, 0.1) is 11.3 Å². The molecule has 50 heavy (non-hydrogen) atoms. The number of esters is 4. The van der Waals surface area contributed by atoms with Crippen molar-refractivity contribution in [2.75, 3.05) is 26.4 Å². The molecule has 0 aliphatic carbocycles. The van der Waals surface area contributed by atoms with Crippen LogP contribution in [-0.2, 0) is 38.1 Å². The third-order valence-electron chi connectivity index (χ3n) is 9.55. The molecule has 1 unspecified atom stereocenters. The third kappa shape index (κ3) is 21.3. The van der Waals surface area contributed by atoms with E-state index in [1.54, 1.807) is 0 Å². The van der Waals surface area contributed by atoms with E-state index < -0.39 is 35.2 Å². The maximum atomic E-state index is 14.3. The van der Waals surface area contributed by atoms with Crippen molar-refractivity contribution in [2.24, 2.45) is 11.3 Å². The first kappa shape index (κ1) is 47.9. The Balaban J connectivity index is 6.27. The van der Waals surface area contributed by atoms with Gasteiger partial charge >= 0.3 is 23.9 Å². The standard InChI is InChI=1S/C42H78O8/c1-6-11-16-20-24-28-33-47-38(43)37(32-15-10-5)42(39(44)48-34-29-25-21-17-12-7-2,40(45)49-35-30-26-22-18-13-8-3)41(46)50-36-31-27-23-19-14-9-4/h37H,6-36H2,1-5H3. The van der Waals surface area contributed by atoms with Crippen molar-refractivity contribution in [3.63, 3.8) is 0 Å². The summed E-state index contributed by atoms with van der Waals surface area (Å²) in [6.07, 6.45) is 25.0. The zero-order valence-corrected chi connectivity index (χ0v) is 33.3. The normalized spacial score (nSPS) is 12.0. The second-order valence-electron chi connectivity index (χ2n) is 14.1. The highest BCUT2D eigenvalue weighted by Crippen LogP contribution is 2.38. The molecule has 0 aromatic heterocycles. The highest BCUT2D eigenvalue weighted by Gasteiger charge is 2.65. The number of rotatable bonds is 36. The minimum atomic E-state index is -2.57. The van der Waals surface area contributed by atoms with Crippen molar-refractivity contribution in [2.45, 2.75) is 208 Å². The van der Waals surface area contributed by atoms with Gasteiger partial charge in [-0.25, -0.2) is 0 Å². The zero-order valence-electron chi connectivity index (χ0n) is 33.3. The van der Waals surface area contributed by atoms with Crippen molar-refractivity contribution in [1.82, 2.24) is 0 Å². The molecule has 0 N–H and O–H groups in total. The van der Waals surface area contributed by atoms with Crippen LogP contribution in [0.2, 0.25) is 0 Å². The lowest BCUT2D eigenvalue weighted by molar-refractivity contribution is -0.195. The van der Waals surface area contributed by atoms with E-state index in [0.29, 0.717) is 38.5 Å². The zero-order chi connectivity index (χ0) is 37.1. The number of carbonyl (C=O) groups excluding carboxylic acids is 4. The molecule has 0 heterocycles. The number of unbranched alkanes of at least 4 members (excludes halogenated alkanes) is 21. The van der Waals surface area contributed by atoms with Gasteiger partial charge in [0.15, 0.2) is 0 Å². The molecule has 294 valence electrons. The molecular weight excluding hydrogens is 632 g/mol. The van der Waals surface area contributed by atoms with Crippen LogP contribution in [0.1, 0.15) is 208 Å². The molecule has 0 amide bonds. The Morgan fingerprint density at radius 2 is 0.620 bits per heavy atom. The summed E-state index contributed by atoms with van der Waals surface area (Å²) in [7, 11) is 0. The van der Waals surface area contributed by atoms with Crippen LogP contribution in [0.25, 0.3) is 0 Å². The van der Waals surface area contributed by atoms with Crippen molar-refractivity contribution in [3.05, 3.63) is 0 Å². The molecule has 0 bridgehead atoms. The number of hydrogen-bond acceptors (Lipinski definition) is 8. The first-order chi connectivity index (χ1) is 24.4. The summed E-state index contributed by atoms with van der Waals surface area (Å²) < 4.78 is 23.0. The first-order valence-corrected chi connectivity index (χ1v) is 21.1. The fraction of sp³-hybridized carbons (Fsp3) is 0.905. The van der Waals surface area contributed by atoms with E-state index in [-0.39, 0.29) is 32.8 Å². The molecule has 8 heteroatoms. The van der Waals surface area contributed by atoms with E-state index in [1.165, 1.54) is 6.42 Å². The van der Waals surface area contributed by atoms with Crippen LogP contribution in [0.5, 0.6) is 0 Å². The van der Waals surface area contributed by atoms with Gasteiger partial charge in [-0.2, -0.15) is 0 Å². The Hall–Kier alpha value is -2.12. The maximum Gasteiger partial charge on any atom is 0.336 e. The fourth-order valence-electron chi connectivity index (χ4n) is 6.24. The number of ether oxygens (including phenoxy) is 4.